The van der Waals surface area contributed by atoms with Crippen molar-refractivity contribution >= 4 is 0 Å². The lowest BCUT2D eigenvalue weighted by atomic mass is 10.2. The molecular formula is C12H27N3. The first-order chi connectivity index (χ1) is 7.09. The Balaban J connectivity index is 2.10. The molecule has 1 saturated heterocycles. The summed E-state index contributed by atoms with van der Waals surface area (Å²) in [6.45, 7) is 14.0. The van der Waals surface area contributed by atoms with Gasteiger partial charge in [-0.3, -0.25) is 4.90 Å². The fourth-order valence-corrected chi connectivity index (χ4v) is 2.12. The Morgan fingerprint density at radius 1 is 1.33 bits per heavy atom. The van der Waals surface area contributed by atoms with E-state index in [0.717, 1.165) is 19.0 Å². The largest absolute Gasteiger partial charge is 0.315 e. The molecule has 15 heavy (non-hydrogen) atoms. The zero-order valence-corrected chi connectivity index (χ0v) is 10.8. The number of hydrogen-bond donors (Lipinski definition) is 1. The molecular weight excluding hydrogens is 186 g/mol. The van der Waals surface area contributed by atoms with Gasteiger partial charge in [0.25, 0.3) is 0 Å². The van der Waals surface area contributed by atoms with Gasteiger partial charge in [0, 0.05) is 38.8 Å². The number of rotatable bonds is 5. The Kier molecular flexibility index (Phi) is 5.58. The average molecular weight is 213 g/mol. The lowest BCUT2D eigenvalue weighted by Crippen LogP contribution is -2.52. The van der Waals surface area contributed by atoms with Crippen molar-refractivity contribution in [2.75, 3.05) is 46.3 Å². The van der Waals surface area contributed by atoms with E-state index in [1.54, 1.807) is 0 Å². The predicted molar refractivity (Wildman–Crippen MR) is 66.2 cm³/mol. The van der Waals surface area contributed by atoms with Crippen molar-refractivity contribution in [2.45, 2.75) is 26.8 Å². The van der Waals surface area contributed by atoms with E-state index in [1.807, 2.05) is 0 Å². The van der Waals surface area contributed by atoms with E-state index in [4.69, 9.17) is 0 Å². The van der Waals surface area contributed by atoms with Crippen LogP contribution in [0.2, 0.25) is 0 Å². The fourth-order valence-electron chi connectivity index (χ4n) is 2.12. The summed E-state index contributed by atoms with van der Waals surface area (Å²) in [4.78, 5) is 5.01. The molecule has 0 amide bonds. The molecule has 1 aliphatic heterocycles. The maximum Gasteiger partial charge on any atom is 0.0195 e. The quantitative estimate of drug-likeness (QED) is 0.684. The molecule has 0 spiro atoms. The van der Waals surface area contributed by atoms with Gasteiger partial charge in [0.1, 0.15) is 0 Å². The summed E-state index contributed by atoms with van der Waals surface area (Å²) >= 11 is 0. The first-order valence-electron chi connectivity index (χ1n) is 6.23. The van der Waals surface area contributed by atoms with Crippen molar-refractivity contribution in [3.05, 3.63) is 0 Å². The van der Waals surface area contributed by atoms with Crippen molar-refractivity contribution in [1.29, 1.82) is 0 Å². The molecule has 0 bridgehead atoms. The summed E-state index contributed by atoms with van der Waals surface area (Å²) in [5, 5.41) is 3.51. The molecule has 3 nitrogen and oxygen atoms in total. The number of hydrogen-bond acceptors (Lipinski definition) is 3. The second kappa shape index (κ2) is 6.46. The maximum absolute atomic E-state index is 3.51. The van der Waals surface area contributed by atoms with E-state index in [1.165, 1.54) is 26.2 Å². The van der Waals surface area contributed by atoms with Crippen LogP contribution in [0.4, 0.5) is 0 Å². The van der Waals surface area contributed by atoms with Gasteiger partial charge in [0.15, 0.2) is 0 Å². The highest BCUT2D eigenvalue weighted by atomic mass is 15.3. The third-order valence-corrected chi connectivity index (χ3v) is 3.10. The lowest BCUT2D eigenvalue weighted by molar-refractivity contribution is 0.101. The standard InChI is InChI=1S/C12H27N3/c1-11(2)9-13-5-6-15-8-7-14(4)10-12(15)3/h11-13H,5-10H2,1-4H3. The third kappa shape index (κ3) is 4.96. The van der Waals surface area contributed by atoms with Crippen LogP contribution in [0.3, 0.4) is 0 Å². The van der Waals surface area contributed by atoms with Gasteiger partial charge in [-0.15, -0.1) is 0 Å². The molecule has 0 saturated carbocycles. The third-order valence-electron chi connectivity index (χ3n) is 3.10. The molecule has 0 radical (unpaired) electrons. The van der Waals surface area contributed by atoms with E-state index in [-0.39, 0.29) is 0 Å². The molecule has 1 fully saturated rings. The minimum atomic E-state index is 0.713. The predicted octanol–water partition coefficient (Wildman–Crippen LogP) is 0.868. The summed E-state index contributed by atoms with van der Waals surface area (Å²) in [5.74, 6) is 0.759. The van der Waals surface area contributed by atoms with Gasteiger partial charge >= 0.3 is 0 Å². The number of nitrogens with one attached hydrogen (secondary N) is 1. The molecule has 0 aromatic carbocycles. The van der Waals surface area contributed by atoms with Crippen LogP contribution in [0, 0.1) is 5.92 Å². The van der Waals surface area contributed by atoms with Crippen molar-refractivity contribution in [2.24, 2.45) is 5.92 Å². The number of likely N-dealkylation sites (N-methyl/N-ethyl adjacent to an activating group) is 1. The van der Waals surface area contributed by atoms with Crippen LogP contribution >= 0.6 is 0 Å². The molecule has 0 aliphatic carbocycles. The highest BCUT2D eigenvalue weighted by Gasteiger charge is 2.20. The van der Waals surface area contributed by atoms with E-state index < -0.39 is 0 Å². The maximum atomic E-state index is 3.51. The van der Waals surface area contributed by atoms with Gasteiger partial charge in [-0.2, -0.15) is 0 Å². The summed E-state index contributed by atoms with van der Waals surface area (Å²) in [7, 11) is 2.21. The molecule has 1 rings (SSSR count). The lowest BCUT2D eigenvalue weighted by Gasteiger charge is -2.38. The molecule has 90 valence electrons. The van der Waals surface area contributed by atoms with Crippen molar-refractivity contribution in [3.63, 3.8) is 0 Å². The van der Waals surface area contributed by atoms with Crippen molar-refractivity contribution < 1.29 is 0 Å². The molecule has 1 N–H and O–H groups in total. The van der Waals surface area contributed by atoms with Crippen LogP contribution in [-0.2, 0) is 0 Å². The molecule has 0 aromatic heterocycles. The van der Waals surface area contributed by atoms with Crippen LogP contribution < -0.4 is 5.32 Å². The minimum Gasteiger partial charge on any atom is -0.315 e. The van der Waals surface area contributed by atoms with E-state index in [2.05, 4.69) is 42.9 Å². The van der Waals surface area contributed by atoms with Crippen molar-refractivity contribution in [3.8, 4) is 0 Å². The van der Waals surface area contributed by atoms with Crippen molar-refractivity contribution in [1.82, 2.24) is 15.1 Å². The first kappa shape index (κ1) is 12.9. The van der Waals surface area contributed by atoms with Crippen LogP contribution in [-0.4, -0.2) is 62.2 Å². The zero-order chi connectivity index (χ0) is 11.3. The van der Waals surface area contributed by atoms with E-state index >= 15 is 0 Å². The fraction of sp³-hybridized carbons (Fsp3) is 1.00. The van der Waals surface area contributed by atoms with E-state index in [0.29, 0.717) is 6.04 Å². The van der Waals surface area contributed by atoms with Crippen LogP contribution in [0.1, 0.15) is 20.8 Å². The number of piperazine rings is 1. The smallest absolute Gasteiger partial charge is 0.0195 e. The monoisotopic (exact) mass is 213 g/mol. The second-order valence-corrected chi connectivity index (χ2v) is 5.25. The summed E-state index contributed by atoms with van der Waals surface area (Å²) < 4.78 is 0. The summed E-state index contributed by atoms with van der Waals surface area (Å²) in [6.07, 6.45) is 0. The zero-order valence-electron chi connectivity index (χ0n) is 10.8. The molecule has 1 heterocycles. The Morgan fingerprint density at radius 3 is 2.67 bits per heavy atom. The van der Waals surface area contributed by atoms with Gasteiger partial charge in [-0.25, -0.2) is 0 Å². The van der Waals surface area contributed by atoms with Gasteiger partial charge in [0.2, 0.25) is 0 Å². The normalized spacial score (nSPS) is 25.0. The molecule has 3 heteroatoms. The topological polar surface area (TPSA) is 18.5 Å². The Labute approximate surface area is 94.8 Å². The first-order valence-corrected chi connectivity index (χ1v) is 6.23. The SMILES string of the molecule is CC(C)CNCCN1CCN(C)CC1C. The van der Waals surface area contributed by atoms with Gasteiger partial charge in [-0.05, 0) is 26.4 Å². The summed E-state index contributed by atoms with van der Waals surface area (Å²) in [6, 6.07) is 0.713. The van der Waals surface area contributed by atoms with Crippen LogP contribution in [0.15, 0.2) is 0 Å². The number of nitrogens with zero attached hydrogens (tertiary/aromatic N) is 2. The van der Waals surface area contributed by atoms with Gasteiger partial charge in [-0.1, -0.05) is 13.8 Å². The Bertz CT molecular complexity index is 170. The molecule has 1 aliphatic rings. The van der Waals surface area contributed by atoms with E-state index in [9.17, 15) is 0 Å². The Hall–Kier alpha value is -0.120. The molecule has 0 aromatic rings. The van der Waals surface area contributed by atoms with Crippen LogP contribution in [0.5, 0.6) is 0 Å². The highest BCUT2D eigenvalue weighted by molar-refractivity contribution is 4.77. The van der Waals surface area contributed by atoms with Gasteiger partial charge < -0.3 is 10.2 Å². The van der Waals surface area contributed by atoms with Crippen LogP contribution in [0.25, 0.3) is 0 Å². The molecule has 1 unspecified atom stereocenters. The molecule has 1 atom stereocenters. The Morgan fingerprint density at radius 2 is 2.07 bits per heavy atom. The average Bonchev–Trinajstić information content (AvgIpc) is 2.14. The summed E-state index contributed by atoms with van der Waals surface area (Å²) in [5.41, 5.74) is 0. The second-order valence-electron chi connectivity index (χ2n) is 5.25. The minimum absolute atomic E-state index is 0.713. The van der Waals surface area contributed by atoms with Gasteiger partial charge in [0.05, 0.1) is 0 Å². The highest BCUT2D eigenvalue weighted by Crippen LogP contribution is 2.06.